The second kappa shape index (κ2) is 7.05. The van der Waals surface area contributed by atoms with E-state index in [0.717, 1.165) is 12.1 Å². The van der Waals surface area contributed by atoms with Crippen molar-refractivity contribution in [2.24, 2.45) is 0 Å². The normalized spacial score (nSPS) is 10.3. The predicted molar refractivity (Wildman–Crippen MR) is 75.0 cm³/mol. The summed E-state index contributed by atoms with van der Waals surface area (Å²) >= 11 is 5.81. The third-order valence-corrected chi connectivity index (χ3v) is 3.26. The maximum Gasteiger partial charge on any atom is 0.255 e. The highest BCUT2D eigenvalue weighted by Gasteiger charge is 2.21. The minimum absolute atomic E-state index is 0.0910. The van der Waals surface area contributed by atoms with Crippen LogP contribution < -0.4 is 0 Å². The van der Waals surface area contributed by atoms with Gasteiger partial charge in [-0.15, -0.1) is 0 Å². The Bertz CT molecular complexity index is 711. The van der Waals surface area contributed by atoms with E-state index in [1.165, 1.54) is 11.2 Å². The molecule has 2 rings (SSSR count). The van der Waals surface area contributed by atoms with Gasteiger partial charge in [-0.2, -0.15) is 5.26 Å². The summed E-state index contributed by atoms with van der Waals surface area (Å²) in [5.41, 5.74) is -0.162. The second-order valence-corrected chi connectivity index (χ2v) is 4.87. The minimum Gasteiger partial charge on any atom is -0.467 e. The first kappa shape index (κ1) is 16.0. The number of benzene rings is 1. The molecular weight excluding hydrogens is 314 g/mol. The van der Waals surface area contributed by atoms with Gasteiger partial charge in [-0.3, -0.25) is 4.79 Å². The number of hydrogen-bond donors (Lipinski definition) is 0. The number of carbonyl (C=O) groups is 1. The zero-order chi connectivity index (χ0) is 16.1. The van der Waals surface area contributed by atoms with Gasteiger partial charge < -0.3 is 9.32 Å². The third-order valence-electron chi connectivity index (χ3n) is 2.95. The molecule has 4 nitrogen and oxygen atoms in total. The fourth-order valence-corrected chi connectivity index (χ4v) is 2.12. The second-order valence-electron chi connectivity index (χ2n) is 4.46. The molecule has 0 unspecified atom stereocenters. The van der Waals surface area contributed by atoms with Crippen molar-refractivity contribution < 1.29 is 18.0 Å². The number of nitriles is 1. The van der Waals surface area contributed by atoms with Gasteiger partial charge in [0.2, 0.25) is 0 Å². The van der Waals surface area contributed by atoms with Gasteiger partial charge in [0, 0.05) is 6.54 Å². The molecule has 1 aromatic heterocycles. The summed E-state index contributed by atoms with van der Waals surface area (Å²) in [6.07, 6.45) is 1.54. The van der Waals surface area contributed by atoms with E-state index in [4.69, 9.17) is 21.3 Å². The van der Waals surface area contributed by atoms with Gasteiger partial charge in [-0.25, -0.2) is 8.78 Å². The first-order valence-electron chi connectivity index (χ1n) is 6.36. The summed E-state index contributed by atoms with van der Waals surface area (Å²) in [5.74, 6) is -2.39. The summed E-state index contributed by atoms with van der Waals surface area (Å²) in [4.78, 5) is 13.8. The SMILES string of the molecule is N#CCCN(Cc1ccco1)C(=O)c1cc(F)c(F)cc1Cl. The number of carbonyl (C=O) groups excluding carboxylic acids is 1. The molecule has 0 aliphatic rings. The Morgan fingerprint density at radius 3 is 2.73 bits per heavy atom. The molecule has 0 saturated heterocycles. The molecule has 0 aliphatic heterocycles. The molecule has 0 bridgehead atoms. The molecule has 22 heavy (non-hydrogen) atoms. The summed E-state index contributed by atoms with van der Waals surface area (Å²) in [5, 5.41) is 8.49. The lowest BCUT2D eigenvalue weighted by Gasteiger charge is -2.21. The van der Waals surface area contributed by atoms with Crippen LogP contribution in [0.3, 0.4) is 0 Å². The average molecular weight is 325 g/mol. The Morgan fingerprint density at radius 2 is 2.09 bits per heavy atom. The van der Waals surface area contributed by atoms with Crippen molar-refractivity contribution in [2.75, 3.05) is 6.54 Å². The van der Waals surface area contributed by atoms with Crippen LogP contribution in [-0.4, -0.2) is 17.4 Å². The number of nitrogens with zero attached hydrogens (tertiary/aromatic N) is 2. The van der Waals surface area contributed by atoms with Crippen molar-refractivity contribution in [1.29, 1.82) is 5.26 Å². The van der Waals surface area contributed by atoms with E-state index < -0.39 is 17.5 Å². The lowest BCUT2D eigenvalue weighted by Crippen LogP contribution is -2.31. The van der Waals surface area contributed by atoms with Gasteiger partial charge in [0.15, 0.2) is 11.6 Å². The van der Waals surface area contributed by atoms with Crippen LogP contribution >= 0.6 is 11.6 Å². The molecule has 1 aromatic carbocycles. The molecule has 2 aromatic rings. The van der Waals surface area contributed by atoms with Gasteiger partial charge in [-0.05, 0) is 24.3 Å². The quantitative estimate of drug-likeness (QED) is 0.787. The van der Waals surface area contributed by atoms with Crippen LogP contribution in [0, 0.1) is 23.0 Å². The summed E-state index contributed by atoms with van der Waals surface area (Å²) in [6.45, 7) is 0.216. The Kier molecular flexibility index (Phi) is 5.12. The van der Waals surface area contributed by atoms with Gasteiger partial charge in [0.25, 0.3) is 5.91 Å². The largest absolute Gasteiger partial charge is 0.467 e. The Morgan fingerprint density at radius 1 is 1.36 bits per heavy atom. The molecule has 0 saturated carbocycles. The van der Waals surface area contributed by atoms with Gasteiger partial charge in [0.05, 0.1) is 35.9 Å². The van der Waals surface area contributed by atoms with E-state index in [9.17, 15) is 13.6 Å². The topological polar surface area (TPSA) is 57.2 Å². The van der Waals surface area contributed by atoms with Crippen LogP contribution in [0.4, 0.5) is 8.78 Å². The van der Waals surface area contributed by atoms with Gasteiger partial charge in [0.1, 0.15) is 5.76 Å². The monoisotopic (exact) mass is 324 g/mol. The molecule has 0 aliphatic carbocycles. The Hall–Kier alpha value is -2.39. The zero-order valence-corrected chi connectivity index (χ0v) is 12.1. The lowest BCUT2D eigenvalue weighted by atomic mass is 10.1. The predicted octanol–water partition coefficient (Wildman–Crippen LogP) is 3.77. The smallest absolute Gasteiger partial charge is 0.255 e. The standard InChI is InChI=1S/C15H11ClF2N2O2/c16-12-8-14(18)13(17)7-11(12)15(21)20(5-2-4-19)9-10-3-1-6-22-10/h1,3,6-8H,2,5,9H2. The van der Waals surface area contributed by atoms with Crippen molar-refractivity contribution in [3.63, 3.8) is 0 Å². The van der Waals surface area contributed by atoms with Crippen LogP contribution in [-0.2, 0) is 6.54 Å². The van der Waals surface area contributed by atoms with E-state index in [1.807, 2.05) is 6.07 Å². The summed E-state index contributed by atoms with van der Waals surface area (Å²) in [6, 6.07) is 6.75. The number of amides is 1. The lowest BCUT2D eigenvalue weighted by molar-refractivity contribution is 0.0735. The molecule has 7 heteroatoms. The summed E-state index contributed by atoms with van der Waals surface area (Å²) in [7, 11) is 0. The number of hydrogen-bond acceptors (Lipinski definition) is 3. The molecule has 0 radical (unpaired) electrons. The maximum absolute atomic E-state index is 13.3. The van der Waals surface area contributed by atoms with Crippen molar-refractivity contribution in [2.45, 2.75) is 13.0 Å². The van der Waals surface area contributed by atoms with Crippen LogP contribution in [0.1, 0.15) is 22.5 Å². The van der Waals surface area contributed by atoms with Crippen LogP contribution in [0.5, 0.6) is 0 Å². The van der Waals surface area contributed by atoms with Gasteiger partial charge >= 0.3 is 0 Å². The van der Waals surface area contributed by atoms with Crippen molar-refractivity contribution >= 4 is 17.5 Å². The Labute approximate surface area is 130 Å². The van der Waals surface area contributed by atoms with E-state index >= 15 is 0 Å². The maximum atomic E-state index is 13.3. The van der Waals surface area contributed by atoms with E-state index in [0.29, 0.717) is 5.76 Å². The highest BCUT2D eigenvalue weighted by molar-refractivity contribution is 6.33. The summed E-state index contributed by atoms with van der Waals surface area (Å²) < 4.78 is 31.6. The third kappa shape index (κ3) is 3.62. The molecule has 0 atom stereocenters. The van der Waals surface area contributed by atoms with E-state index in [1.54, 1.807) is 12.1 Å². The van der Waals surface area contributed by atoms with E-state index in [-0.39, 0.29) is 30.1 Å². The number of halogens is 3. The molecule has 0 spiro atoms. The van der Waals surface area contributed by atoms with Crippen molar-refractivity contribution in [1.82, 2.24) is 4.90 Å². The highest BCUT2D eigenvalue weighted by atomic mass is 35.5. The number of rotatable bonds is 5. The Balaban J connectivity index is 2.28. The van der Waals surface area contributed by atoms with Crippen molar-refractivity contribution in [3.8, 4) is 6.07 Å². The highest BCUT2D eigenvalue weighted by Crippen LogP contribution is 2.22. The first-order valence-corrected chi connectivity index (χ1v) is 6.74. The van der Waals surface area contributed by atoms with Crippen molar-refractivity contribution in [3.05, 3.63) is 58.5 Å². The average Bonchev–Trinajstić information content (AvgIpc) is 2.99. The molecular formula is C15H11ClF2N2O2. The fourth-order valence-electron chi connectivity index (χ4n) is 1.88. The van der Waals surface area contributed by atoms with Crippen LogP contribution in [0.25, 0.3) is 0 Å². The molecule has 1 amide bonds. The van der Waals surface area contributed by atoms with Gasteiger partial charge in [-0.1, -0.05) is 11.6 Å². The molecule has 1 heterocycles. The van der Waals surface area contributed by atoms with Crippen LogP contribution in [0.15, 0.2) is 34.9 Å². The minimum atomic E-state index is -1.16. The molecule has 114 valence electrons. The van der Waals surface area contributed by atoms with Crippen LogP contribution in [0.2, 0.25) is 5.02 Å². The number of furan rings is 1. The zero-order valence-electron chi connectivity index (χ0n) is 11.4. The molecule has 0 fully saturated rings. The first-order chi connectivity index (χ1) is 10.5. The fraction of sp³-hybridized carbons (Fsp3) is 0.200. The molecule has 0 N–H and O–H groups in total. The van der Waals surface area contributed by atoms with E-state index in [2.05, 4.69) is 0 Å².